The Balaban J connectivity index is 1.91. The second kappa shape index (κ2) is 9.88. The van der Waals surface area contributed by atoms with Crippen LogP contribution in [0.1, 0.15) is 55.4 Å². The molecule has 0 spiro atoms. The zero-order valence-electron chi connectivity index (χ0n) is 19.5. The zero-order chi connectivity index (χ0) is 23.4. The molecule has 0 saturated heterocycles. The van der Waals surface area contributed by atoms with E-state index in [0.717, 1.165) is 22.4 Å². The van der Waals surface area contributed by atoms with Crippen LogP contribution in [0.3, 0.4) is 0 Å². The van der Waals surface area contributed by atoms with Crippen LogP contribution in [0.15, 0.2) is 77.7 Å². The van der Waals surface area contributed by atoms with Crippen LogP contribution in [0.5, 0.6) is 5.75 Å². The van der Waals surface area contributed by atoms with Crippen LogP contribution >= 0.6 is 0 Å². The van der Waals surface area contributed by atoms with E-state index in [2.05, 4.69) is 45.0 Å². The third kappa shape index (κ3) is 5.78. The molecule has 0 amide bonds. The molecule has 3 aromatic rings. The fraction of sp³-hybridized carbons (Fsp3) is 0.333. The lowest BCUT2D eigenvalue weighted by atomic mass is 9.82. The molecule has 0 saturated carbocycles. The topological polar surface area (TPSA) is 52.6 Å². The van der Waals surface area contributed by atoms with Gasteiger partial charge >= 0.3 is 0 Å². The van der Waals surface area contributed by atoms with Gasteiger partial charge in [-0.2, -0.15) is 8.42 Å². The predicted molar refractivity (Wildman–Crippen MR) is 129 cm³/mol. The number of ether oxygens (including phenoxy) is 1. The Labute approximate surface area is 192 Å². The van der Waals surface area contributed by atoms with Crippen LogP contribution in [-0.2, 0) is 19.7 Å². The number of hydrogen-bond donors (Lipinski definition) is 0. The lowest BCUT2D eigenvalue weighted by Crippen LogP contribution is -2.15. The van der Waals surface area contributed by atoms with Crippen molar-refractivity contribution in [2.45, 2.75) is 50.3 Å². The molecule has 0 aliphatic rings. The van der Waals surface area contributed by atoms with Gasteiger partial charge < -0.3 is 4.74 Å². The quantitative estimate of drug-likeness (QED) is 0.380. The highest BCUT2D eigenvalue weighted by molar-refractivity contribution is 7.86. The normalized spacial score (nSPS) is 13.0. The Hall–Kier alpha value is -2.63. The number of methoxy groups -OCH3 is 1. The number of benzene rings is 3. The molecule has 5 heteroatoms. The molecule has 1 atom stereocenters. The van der Waals surface area contributed by atoms with E-state index >= 15 is 0 Å². The minimum absolute atomic E-state index is 0.0203. The van der Waals surface area contributed by atoms with Crippen molar-refractivity contribution in [2.75, 3.05) is 13.7 Å². The van der Waals surface area contributed by atoms with Crippen molar-refractivity contribution in [2.24, 2.45) is 0 Å². The summed E-state index contributed by atoms with van der Waals surface area (Å²) in [7, 11) is -2.15. The van der Waals surface area contributed by atoms with Gasteiger partial charge in [-0.1, -0.05) is 80.9 Å². The van der Waals surface area contributed by atoms with E-state index < -0.39 is 10.1 Å². The van der Waals surface area contributed by atoms with Crippen molar-refractivity contribution in [1.29, 1.82) is 0 Å². The average molecular weight is 453 g/mol. The second-order valence-corrected chi connectivity index (χ2v) is 10.7. The molecule has 4 nitrogen and oxygen atoms in total. The lowest BCUT2D eigenvalue weighted by Gasteiger charge is -2.25. The fourth-order valence-electron chi connectivity index (χ4n) is 3.71. The van der Waals surface area contributed by atoms with Gasteiger partial charge in [0.1, 0.15) is 5.75 Å². The first kappa shape index (κ1) is 24.0. The summed E-state index contributed by atoms with van der Waals surface area (Å²) >= 11 is 0. The van der Waals surface area contributed by atoms with Gasteiger partial charge in [0.25, 0.3) is 10.1 Å². The van der Waals surface area contributed by atoms with Crippen molar-refractivity contribution >= 4 is 10.1 Å². The SMILES string of the molecule is COc1ccc(C(C)(C)C)cc1C(CCOS(=O)(=O)c1ccc(C)cc1)c1ccccc1. The van der Waals surface area contributed by atoms with Crippen LogP contribution in [0.2, 0.25) is 0 Å². The zero-order valence-corrected chi connectivity index (χ0v) is 20.3. The number of hydrogen-bond acceptors (Lipinski definition) is 4. The smallest absolute Gasteiger partial charge is 0.296 e. The Morgan fingerprint density at radius 1 is 0.906 bits per heavy atom. The van der Waals surface area contributed by atoms with Gasteiger partial charge in [-0.25, -0.2) is 0 Å². The van der Waals surface area contributed by atoms with Crippen LogP contribution in [0.4, 0.5) is 0 Å². The molecule has 0 radical (unpaired) electrons. The highest BCUT2D eigenvalue weighted by atomic mass is 32.2. The van der Waals surface area contributed by atoms with Gasteiger partial charge in [-0.3, -0.25) is 4.18 Å². The molecular weight excluding hydrogens is 420 g/mol. The van der Waals surface area contributed by atoms with Crippen molar-refractivity contribution in [3.63, 3.8) is 0 Å². The highest BCUT2D eigenvalue weighted by Crippen LogP contribution is 2.37. The third-order valence-corrected chi connectivity index (χ3v) is 6.95. The minimum atomic E-state index is -3.82. The fourth-order valence-corrected chi connectivity index (χ4v) is 4.63. The summed E-state index contributed by atoms with van der Waals surface area (Å²) in [5.41, 5.74) is 4.30. The van der Waals surface area contributed by atoms with Gasteiger partial charge in [-0.15, -0.1) is 0 Å². The summed E-state index contributed by atoms with van der Waals surface area (Å²) in [5.74, 6) is 0.718. The Morgan fingerprint density at radius 2 is 1.56 bits per heavy atom. The summed E-state index contributed by atoms with van der Waals surface area (Å²) in [6.45, 7) is 8.51. The molecule has 0 aliphatic carbocycles. The first-order valence-corrected chi connectivity index (χ1v) is 12.2. The molecule has 1 unspecified atom stereocenters. The molecule has 0 aromatic heterocycles. The third-order valence-electron chi connectivity index (χ3n) is 5.63. The van der Waals surface area contributed by atoms with Gasteiger partial charge in [0.2, 0.25) is 0 Å². The van der Waals surface area contributed by atoms with Gasteiger partial charge in [0, 0.05) is 11.5 Å². The monoisotopic (exact) mass is 452 g/mol. The number of aryl methyl sites for hydroxylation is 1. The Morgan fingerprint density at radius 3 is 2.16 bits per heavy atom. The van der Waals surface area contributed by atoms with E-state index in [0.29, 0.717) is 6.42 Å². The highest BCUT2D eigenvalue weighted by Gasteiger charge is 2.23. The van der Waals surface area contributed by atoms with E-state index in [1.165, 1.54) is 5.56 Å². The van der Waals surface area contributed by atoms with E-state index in [4.69, 9.17) is 8.92 Å². The Kier molecular flexibility index (Phi) is 7.42. The largest absolute Gasteiger partial charge is 0.496 e. The predicted octanol–water partition coefficient (Wildman–Crippen LogP) is 6.23. The molecule has 0 fully saturated rings. The molecule has 32 heavy (non-hydrogen) atoms. The molecule has 0 bridgehead atoms. The van der Waals surface area contributed by atoms with E-state index in [1.54, 1.807) is 31.4 Å². The maximum Gasteiger partial charge on any atom is 0.296 e. The van der Waals surface area contributed by atoms with Crippen LogP contribution < -0.4 is 4.74 Å². The van der Waals surface area contributed by atoms with Crippen LogP contribution in [-0.4, -0.2) is 22.1 Å². The summed E-state index contributed by atoms with van der Waals surface area (Å²) in [5, 5.41) is 0. The van der Waals surface area contributed by atoms with Crippen LogP contribution in [0, 0.1) is 6.92 Å². The first-order chi connectivity index (χ1) is 15.1. The van der Waals surface area contributed by atoms with E-state index in [-0.39, 0.29) is 22.8 Å². The van der Waals surface area contributed by atoms with Crippen molar-refractivity contribution < 1.29 is 17.3 Å². The maximum absolute atomic E-state index is 12.7. The van der Waals surface area contributed by atoms with Crippen molar-refractivity contribution in [3.05, 3.63) is 95.1 Å². The maximum atomic E-state index is 12.7. The van der Waals surface area contributed by atoms with Crippen molar-refractivity contribution in [1.82, 2.24) is 0 Å². The summed E-state index contributed by atoms with van der Waals surface area (Å²) in [6, 6.07) is 23.0. The first-order valence-electron chi connectivity index (χ1n) is 10.8. The van der Waals surface area contributed by atoms with E-state index in [9.17, 15) is 8.42 Å². The van der Waals surface area contributed by atoms with Gasteiger partial charge in [0.15, 0.2) is 0 Å². The summed E-state index contributed by atoms with van der Waals surface area (Å²) in [4.78, 5) is 0.173. The molecule has 0 N–H and O–H groups in total. The minimum Gasteiger partial charge on any atom is -0.496 e. The average Bonchev–Trinajstić information content (AvgIpc) is 2.76. The molecular formula is C27H32O4S. The summed E-state index contributed by atoms with van der Waals surface area (Å²) < 4.78 is 36.4. The van der Waals surface area contributed by atoms with Crippen molar-refractivity contribution in [3.8, 4) is 5.75 Å². The standard InChI is InChI=1S/C27H32O4S/c1-20-11-14-23(15-12-20)32(28,29)31-18-17-24(21-9-7-6-8-10-21)25-19-22(27(2,3)4)13-16-26(25)30-5/h6-16,19,24H,17-18H2,1-5H3. The van der Waals surface area contributed by atoms with Gasteiger partial charge in [0.05, 0.1) is 18.6 Å². The lowest BCUT2D eigenvalue weighted by molar-refractivity contribution is 0.304. The van der Waals surface area contributed by atoms with E-state index in [1.807, 2.05) is 31.2 Å². The molecule has 3 rings (SSSR count). The number of rotatable bonds is 8. The van der Waals surface area contributed by atoms with Crippen LogP contribution in [0.25, 0.3) is 0 Å². The summed E-state index contributed by atoms with van der Waals surface area (Å²) in [6.07, 6.45) is 0.499. The second-order valence-electron chi connectivity index (χ2n) is 9.05. The molecule has 170 valence electrons. The molecule has 3 aromatic carbocycles. The Bertz CT molecular complexity index is 1130. The molecule has 0 heterocycles. The molecule has 0 aliphatic heterocycles. The van der Waals surface area contributed by atoms with Gasteiger partial charge in [-0.05, 0) is 48.1 Å².